The highest BCUT2D eigenvalue weighted by Crippen LogP contribution is 2.41. The number of furan rings is 1. The van der Waals surface area contributed by atoms with Crippen molar-refractivity contribution >= 4 is 76.3 Å². The molecule has 3 heteroatoms. The molecule has 0 aliphatic carbocycles. The van der Waals surface area contributed by atoms with Gasteiger partial charge in [0.05, 0.1) is 27.8 Å². The van der Waals surface area contributed by atoms with Crippen LogP contribution in [-0.2, 0) is 0 Å². The lowest BCUT2D eigenvalue weighted by Crippen LogP contribution is -1.97. The molecule has 0 aliphatic heterocycles. The maximum atomic E-state index is 6.20. The molecular weight excluding hydrogens is 669 g/mol. The Hall–Kier alpha value is -7.36. The Labute approximate surface area is 316 Å². The molecule has 55 heavy (non-hydrogen) atoms. The molecule has 9 aromatic carbocycles. The monoisotopic (exact) mass is 700 g/mol. The topological polar surface area (TPSA) is 23.0 Å². The third-order valence-corrected chi connectivity index (χ3v) is 11.5. The quantitative estimate of drug-likeness (QED) is 0.179. The summed E-state index contributed by atoms with van der Waals surface area (Å²) in [6.07, 6.45) is 0. The van der Waals surface area contributed by atoms with Crippen LogP contribution in [0.25, 0.3) is 110 Å². The highest BCUT2D eigenvalue weighted by atomic mass is 16.3. The van der Waals surface area contributed by atoms with Crippen molar-refractivity contribution in [2.75, 3.05) is 0 Å². The van der Waals surface area contributed by atoms with Crippen LogP contribution in [0.4, 0.5) is 0 Å². The number of para-hydroxylation sites is 4. The van der Waals surface area contributed by atoms with Crippen molar-refractivity contribution in [3.8, 4) is 33.6 Å². The van der Waals surface area contributed by atoms with E-state index in [0.717, 1.165) is 38.9 Å². The van der Waals surface area contributed by atoms with E-state index in [1.807, 2.05) is 12.1 Å². The summed E-state index contributed by atoms with van der Waals surface area (Å²) in [7, 11) is 0. The van der Waals surface area contributed by atoms with Gasteiger partial charge in [-0.1, -0.05) is 127 Å². The lowest BCUT2D eigenvalue weighted by Gasteiger charge is -2.15. The van der Waals surface area contributed by atoms with Gasteiger partial charge < -0.3 is 13.6 Å². The third kappa shape index (κ3) is 4.50. The first-order chi connectivity index (χ1) is 27.3. The number of rotatable bonds is 4. The molecule has 256 valence electrons. The van der Waals surface area contributed by atoms with Gasteiger partial charge in [-0.25, -0.2) is 0 Å². The van der Waals surface area contributed by atoms with Crippen LogP contribution < -0.4 is 0 Å². The van der Waals surface area contributed by atoms with Crippen molar-refractivity contribution in [2.45, 2.75) is 0 Å². The number of hydrogen-bond acceptors (Lipinski definition) is 1. The second-order valence-corrected chi connectivity index (χ2v) is 14.5. The Morgan fingerprint density at radius 3 is 1.56 bits per heavy atom. The largest absolute Gasteiger partial charge is 0.456 e. The van der Waals surface area contributed by atoms with Gasteiger partial charge in [-0.15, -0.1) is 0 Å². The van der Waals surface area contributed by atoms with Crippen LogP contribution in [0, 0.1) is 0 Å². The summed E-state index contributed by atoms with van der Waals surface area (Å²) >= 11 is 0. The maximum absolute atomic E-state index is 6.20. The predicted octanol–water partition coefficient (Wildman–Crippen LogP) is 14.3. The van der Waals surface area contributed by atoms with E-state index in [9.17, 15) is 0 Å². The molecule has 0 fully saturated rings. The van der Waals surface area contributed by atoms with Crippen molar-refractivity contribution in [2.24, 2.45) is 0 Å². The zero-order valence-corrected chi connectivity index (χ0v) is 29.8. The van der Waals surface area contributed by atoms with Gasteiger partial charge in [0, 0.05) is 43.4 Å². The molecule has 0 radical (unpaired) electrons. The Morgan fingerprint density at radius 1 is 0.291 bits per heavy atom. The standard InChI is InChI=1S/C52H32N2O/c1-2-13-38(14-3-1)53-46-19-9-6-16-40(46)42-25-22-34(30-49(42)53)35-23-26-43-41-17-7-10-20-47(41)54(50(43)31-35)48-32-37(28-36-12-4-5-15-39(36)48)33-24-27-52-45(29-33)44-18-8-11-21-51(44)55-52/h1-32H. The molecular formula is C52H32N2O. The molecule has 3 aromatic heterocycles. The fraction of sp³-hybridized carbons (Fsp3) is 0. The molecule has 3 nitrogen and oxygen atoms in total. The average Bonchev–Trinajstić information content (AvgIpc) is 3.90. The zero-order valence-electron chi connectivity index (χ0n) is 29.8. The summed E-state index contributed by atoms with van der Waals surface area (Å²) in [6.45, 7) is 0. The molecule has 0 N–H and O–H groups in total. The van der Waals surface area contributed by atoms with Crippen LogP contribution in [-0.4, -0.2) is 9.13 Å². The van der Waals surface area contributed by atoms with Gasteiger partial charge >= 0.3 is 0 Å². The van der Waals surface area contributed by atoms with E-state index in [2.05, 4.69) is 191 Å². The van der Waals surface area contributed by atoms with Crippen LogP contribution in [0.3, 0.4) is 0 Å². The third-order valence-electron chi connectivity index (χ3n) is 11.5. The molecule has 0 saturated heterocycles. The van der Waals surface area contributed by atoms with Crippen LogP contribution in [0.2, 0.25) is 0 Å². The van der Waals surface area contributed by atoms with E-state index in [-0.39, 0.29) is 0 Å². The van der Waals surface area contributed by atoms with E-state index in [0.29, 0.717) is 0 Å². The van der Waals surface area contributed by atoms with Crippen LogP contribution in [0.1, 0.15) is 0 Å². The predicted molar refractivity (Wildman–Crippen MR) is 231 cm³/mol. The van der Waals surface area contributed by atoms with E-state index in [1.165, 1.54) is 71.1 Å². The summed E-state index contributed by atoms with van der Waals surface area (Å²) in [6, 6.07) is 70.5. The zero-order chi connectivity index (χ0) is 36.0. The smallest absolute Gasteiger partial charge is 0.135 e. The lowest BCUT2D eigenvalue weighted by molar-refractivity contribution is 0.669. The van der Waals surface area contributed by atoms with E-state index < -0.39 is 0 Å². The first-order valence-electron chi connectivity index (χ1n) is 18.8. The molecule has 0 saturated carbocycles. The van der Waals surface area contributed by atoms with Gasteiger partial charge in [0.25, 0.3) is 0 Å². The molecule has 0 aliphatic rings. The second-order valence-electron chi connectivity index (χ2n) is 14.5. The molecule has 12 rings (SSSR count). The fourth-order valence-electron chi connectivity index (χ4n) is 8.96. The molecule has 0 amide bonds. The summed E-state index contributed by atoms with van der Waals surface area (Å²) < 4.78 is 11.1. The minimum atomic E-state index is 0.906. The van der Waals surface area contributed by atoms with Crippen molar-refractivity contribution in [3.63, 3.8) is 0 Å². The van der Waals surface area contributed by atoms with Crippen molar-refractivity contribution in [1.82, 2.24) is 9.13 Å². The van der Waals surface area contributed by atoms with Crippen LogP contribution in [0.15, 0.2) is 199 Å². The minimum absolute atomic E-state index is 0.906. The fourth-order valence-corrected chi connectivity index (χ4v) is 8.96. The SMILES string of the molecule is c1ccc(-n2c3ccccc3c3ccc(-c4ccc5c6ccccc6n(-c6cc(-c7ccc8oc9ccccc9c8c7)cc7ccccc67)c5c4)cc32)cc1. The van der Waals surface area contributed by atoms with Crippen molar-refractivity contribution in [3.05, 3.63) is 194 Å². The first kappa shape index (κ1) is 30.1. The van der Waals surface area contributed by atoms with Crippen molar-refractivity contribution in [1.29, 1.82) is 0 Å². The van der Waals surface area contributed by atoms with E-state index in [1.54, 1.807) is 0 Å². The molecule has 0 unspecified atom stereocenters. The Balaban J connectivity index is 1.10. The Kier molecular flexibility index (Phi) is 6.34. The highest BCUT2D eigenvalue weighted by Gasteiger charge is 2.18. The summed E-state index contributed by atoms with van der Waals surface area (Å²) in [5.41, 5.74) is 13.6. The number of fused-ring (bicyclic) bond motifs is 10. The minimum Gasteiger partial charge on any atom is -0.456 e. The average molecular weight is 701 g/mol. The summed E-state index contributed by atoms with van der Waals surface area (Å²) in [5, 5.41) is 9.67. The van der Waals surface area contributed by atoms with Gasteiger partial charge in [-0.3, -0.25) is 0 Å². The Morgan fingerprint density at radius 2 is 0.818 bits per heavy atom. The van der Waals surface area contributed by atoms with Crippen LogP contribution >= 0.6 is 0 Å². The Bertz CT molecular complexity index is 3490. The van der Waals surface area contributed by atoms with Gasteiger partial charge in [0.1, 0.15) is 11.2 Å². The number of benzene rings is 9. The molecule has 0 spiro atoms. The van der Waals surface area contributed by atoms with E-state index >= 15 is 0 Å². The molecule has 0 bridgehead atoms. The molecule has 12 aromatic rings. The number of hydrogen-bond donors (Lipinski definition) is 0. The number of aromatic nitrogens is 2. The highest BCUT2D eigenvalue weighted by molar-refractivity contribution is 6.13. The van der Waals surface area contributed by atoms with Gasteiger partial charge in [-0.05, 0) is 94.4 Å². The van der Waals surface area contributed by atoms with Gasteiger partial charge in [0.15, 0.2) is 0 Å². The van der Waals surface area contributed by atoms with E-state index in [4.69, 9.17) is 4.42 Å². The number of nitrogens with zero attached hydrogens (tertiary/aromatic N) is 2. The molecule has 3 heterocycles. The first-order valence-corrected chi connectivity index (χ1v) is 18.8. The van der Waals surface area contributed by atoms with Gasteiger partial charge in [0.2, 0.25) is 0 Å². The normalized spacial score (nSPS) is 12.0. The second kappa shape index (κ2) is 11.6. The molecule has 0 atom stereocenters. The lowest BCUT2D eigenvalue weighted by atomic mass is 9.98. The van der Waals surface area contributed by atoms with Crippen molar-refractivity contribution < 1.29 is 4.42 Å². The van der Waals surface area contributed by atoms with Crippen LogP contribution in [0.5, 0.6) is 0 Å². The summed E-state index contributed by atoms with van der Waals surface area (Å²) in [5.74, 6) is 0. The van der Waals surface area contributed by atoms with Gasteiger partial charge in [-0.2, -0.15) is 0 Å². The maximum Gasteiger partial charge on any atom is 0.135 e. The summed E-state index contributed by atoms with van der Waals surface area (Å²) in [4.78, 5) is 0.